The Balaban J connectivity index is 0.00000341. The van der Waals surface area contributed by atoms with Crippen molar-refractivity contribution in [2.75, 3.05) is 11.9 Å². The molecule has 5 nitrogen and oxygen atoms in total. The number of likely N-dealkylation sites (N-methyl/N-ethyl adjacent to an activating group) is 1. The average molecular weight is 444 g/mol. The van der Waals surface area contributed by atoms with Gasteiger partial charge in [-0.2, -0.15) is 0 Å². The molecular weight excluding hydrogens is 410 g/mol. The van der Waals surface area contributed by atoms with E-state index in [1.54, 1.807) is 14.0 Å². The standard InChI is InChI=1S/C25H33N3O2.ClH/c1-15-13-16(2)18(4)21(17(15)3)14-28-23-10-8-7-9-20(23)11-12-22(25(28)30)27-24(29)19(5)26-6;/h7-10,13,19,22,26H,11-12,14H2,1-6H3,(H,27,29);1H. The normalized spacial score (nSPS) is 16.8. The molecule has 2 N–H and O–H groups in total. The number of aryl methyl sites for hydroxylation is 3. The maximum Gasteiger partial charge on any atom is 0.249 e. The van der Waals surface area contributed by atoms with Gasteiger partial charge in [0.15, 0.2) is 0 Å². The number of halogens is 1. The summed E-state index contributed by atoms with van der Waals surface area (Å²) < 4.78 is 0. The molecule has 2 unspecified atom stereocenters. The highest BCUT2D eigenvalue weighted by Gasteiger charge is 2.32. The Hall–Kier alpha value is -2.37. The third kappa shape index (κ3) is 5.10. The first-order chi connectivity index (χ1) is 14.2. The summed E-state index contributed by atoms with van der Waals surface area (Å²) in [6, 6.07) is 9.40. The van der Waals surface area contributed by atoms with Gasteiger partial charge in [0, 0.05) is 5.69 Å². The van der Waals surface area contributed by atoms with Crippen LogP contribution in [0, 0.1) is 27.7 Å². The van der Waals surface area contributed by atoms with E-state index in [1.165, 1.54) is 27.8 Å². The van der Waals surface area contributed by atoms with E-state index < -0.39 is 6.04 Å². The van der Waals surface area contributed by atoms with Crippen LogP contribution in [0.25, 0.3) is 0 Å². The Morgan fingerprint density at radius 2 is 1.74 bits per heavy atom. The van der Waals surface area contributed by atoms with E-state index in [4.69, 9.17) is 0 Å². The van der Waals surface area contributed by atoms with Gasteiger partial charge in [0.1, 0.15) is 6.04 Å². The third-order valence-electron chi connectivity index (χ3n) is 6.53. The number of nitrogens with one attached hydrogen (secondary N) is 2. The molecule has 0 aromatic heterocycles. The molecule has 0 spiro atoms. The lowest BCUT2D eigenvalue weighted by molar-refractivity contribution is -0.128. The molecule has 1 aliphatic rings. The van der Waals surface area contributed by atoms with Crippen molar-refractivity contribution >= 4 is 29.9 Å². The molecule has 0 bridgehead atoms. The van der Waals surface area contributed by atoms with Gasteiger partial charge in [-0.25, -0.2) is 0 Å². The van der Waals surface area contributed by atoms with Crippen molar-refractivity contribution in [1.82, 2.24) is 10.6 Å². The number of nitrogens with zero attached hydrogens (tertiary/aromatic N) is 1. The zero-order valence-corrected chi connectivity index (χ0v) is 20.2. The van der Waals surface area contributed by atoms with Crippen molar-refractivity contribution in [3.63, 3.8) is 0 Å². The van der Waals surface area contributed by atoms with Crippen molar-refractivity contribution in [1.29, 1.82) is 0 Å². The van der Waals surface area contributed by atoms with Crippen LogP contribution < -0.4 is 15.5 Å². The van der Waals surface area contributed by atoms with Gasteiger partial charge >= 0.3 is 0 Å². The second kappa shape index (κ2) is 10.3. The first kappa shape index (κ1) is 24.9. The lowest BCUT2D eigenvalue weighted by Crippen LogP contribution is -2.52. The number of amides is 2. The Morgan fingerprint density at radius 3 is 2.35 bits per heavy atom. The number of carbonyl (C=O) groups is 2. The average Bonchev–Trinajstić information content (AvgIpc) is 2.86. The van der Waals surface area contributed by atoms with Gasteiger partial charge in [0.2, 0.25) is 11.8 Å². The summed E-state index contributed by atoms with van der Waals surface area (Å²) in [5.41, 5.74) is 8.18. The van der Waals surface area contributed by atoms with E-state index in [0.717, 1.165) is 17.7 Å². The van der Waals surface area contributed by atoms with Crippen LogP contribution in [0.4, 0.5) is 5.69 Å². The molecule has 2 amide bonds. The Bertz CT molecular complexity index is 947. The Kier molecular flexibility index (Phi) is 8.27. The smallest absolute Gasteiger partial charge is 0.249 e. The third-order valence-corrected chi connectivity index (χ3v) is 6.53. The van der Waals surface area contributed by atoms with Crippen LogP contribution in [0.2, 0.25) is 0 Å². The lowest BCUT2D eigenvalue weighted by Gasteiger charge is -2.29. The lowest BCUT2D eigenvalue weighted by atomic mass is 9.93. The number of anilines is 1. The maximum atomic E-state index is 13.6. The molecule has 0 saturated heterocycles. The van der Waals surface area contributed by atoms with Crippen LogP contribution in [0.1, 0.15) is 46.7 Å². The summed E-state index contributed by atoms with van der Waals surface area (Å²) in [6.45, 7) is 10.8. The highest BCUT2D eigenvalue weighted by atomic mass is 35.5. The summed E-state index contributed by atoms with van der Waals surface area (Å²) in [7, 11) is 1.74. The molecule has 3 rings (SSSR count). The number of fused-ring (bicyclic) bond motifs is 1. The van der Waals surface area contributed by atoms with Gasteiger partial charge in [0.25, 0.3) is 0 Å². The van der Waals surface area contributed by atoms with Gasteiger partial charge in [-0.15, -0.1) is 12.4 Å². The maximum absolute atomic E-state index is 13.6. The molecule has 0 fully saturated rings. The molecule has 6 heteroatoms. The number of para-hydroxylation sites is 1. The van der Waals surface area contributed by atoms with E-state index in [1.807, 2.05) is 23.1 Å². The minimum absolute atomic E-state index is 0. The minimum atomic E-state index is -0.535. The summed E-state index contributed by atoms with van der Waals surface area (Å²) in [6.07, 6.45) is 1.35. The van der Waals surface area contributed by atoms with E-state index >= 15 is 0 Å². The largest absolute Gasteiger partial charge is 0.343 e. The van der Waals surface area contributed by atoms with Crippen molar-refractivity contribution in [3.8, 4) is 0 Å². The van der Waals surface area contributed by atoms with Crippen LogP contribution in [-0.4, -0.2) is 30.9 Å². The van der Waals surface area contributed by atoms with Crippen molar-refractivity contribution in [3.05, 3.63) is 63.7 Å². The van der Waals surface area contributed by atoms with Gasteiger partial charge in [-0.1, -0.05) is 24.3 Å². The van der Waals surface area contributed by atoms with Crippen LogP contribution >= 0.6 is 12.4 Å². The number of rotatable bonds is 5. The molecule has 31 heavy (non-hydrogen) atoms. The molecule has 1 aliphatic heterocycles. The molecular formula is C25H34ClN3O2. The van der Waals surface area contributed by atoms with E-state index in [0.29, 0.717) is 13.0 Å². The van der Waals surface area contributed by atoms with Crippen LogP contribution in [0.15, 0.2) is 30.3 Å². The van der Waals surface area contributed by atoms with Crippen LogP contribution in [0.5, 0.6) is 0 Å². The number of hydrogen-bond acceptors (Lipinski definition) is 3. The number of carbonyl (C=O) groups excluding carboxylic acids is 2. The Morgan fingerprint density at radius 1 is 1.13 bits per heavy atom. The van der Waals surface area contributed by atoms with E-state index in [-0.39, 0.29) is 30.3 Å². The first-order valence-corrected chi connectivity index (χ1v) is 10.7. The molecule has 2 aromatic rings. The molecule has 2 aromatic carbocycles. The quantitative estimate of drug-likeness (QED) is 0.736. The van der Waals surface area contributed by atoms with Crippen molar-refractivity contribution in [2.45, 2.75) is 66.1 Å². The predicted molar refractivity (Wildman–Crippen MR) is 129 cm³/mol. The topological polar surface area (TPSA) is 61.4 Å². The first-order valence-electron chi connectivity index (χ1n) is 10.7. The van der Waals surface area contributed by atoms with Gasteiger partial charge in [-0.05, 0) is 94.0 Å². The zero-order chi connectivity index (χ0) is 22.0. The summed E-state index contributed by atoms with van der Waals surface area (Å²) in [5.74, 6) is -0.199. The SMILES string of the molecule is CNC(C)C(=O)NC1CCc2ccccc2N(Cc2c(C)c(C)cc(C)c2C)C1=O.Cl. The molecule has 168 valence electrons. The summed E-state index contributed by atoms with van der Waals surface area (Å²) in [5, 5.41) is 5.91. The van der Waals surface area contributed by atoms with E-state index in [2.05, 4.69) is 50.5 Å². The predicted octanol–water partition coefficient (Wildman–Crippen LogP) is 3.91. The zero-order valence-electron chi connectivity index (χ0n) is 19.3. The second-order valence-electron chi connectivity index (χ2n) is 8.40. The fraction of sp³-hybridized carbons (Fsp3) is 0.440. The molecule has 2 atom stereocenters. The fourth-order valence-corrected chi connectivity index (χ4v) is 4.13. The number of benzene rings is 2. The fourth-order valence-electron chi connectivity index (χ4n) is 4.13. The van der Waals surface area contributed by atoms with E-state index in [9.17, 15) is 9.59 Å². The van der Waals surface area contributed by atoms with Crippen molar-refractivity contribution in [2.24, 2.45) is 0 Å². The van der Waals surface area contributed by atoms with Gasteiger partial charge in [0.05, 0.1) is 12.6 Å². The van der Waals surface area contributed by atoms with Crippen LogP contribution in [0.3, 0.4) is 0 Å². The summed E-state index contributed by atoms with van der Waals surface area (Å²) in [4.78, 5) is 28.0. The highest BCUT2D eigenvalue weighted by Crippen LogP contribution is 2.31. The number of hydrogen-bond donors (Lipinski definition) is 2. The van der Waals surface area contributed by atoms with Gasteiger partial charge < -0.3 is 15.5 Å². The molecule has 0 saturated carbocycles. The Labute approximate surface area is 192 Å². The highest BCUT2D eigenvalue weighted by molar-refractivity contribution is 6.01. The van der Waals surface area contributed by atoms with Crippen LogP contribution in [-0.2, 0) is 22.6 Å². The van der Waals surface area contributed by atoms with Gasteiger partial charge in [-0.3, -0.25) is 9.59 Å². The second-order valence-corrected chi connectivity index (χ2v) is 8.40. The van der Waals surface area contributed by atoms with Crippen molar-refractivity contribution < 1.29 is 9.59 Å². The monoisotopic (exact) mass is 443 g/mol. The minimum Gasteiger partial charge on any atom is -0.343 e. The molecule has 0 aliphatic carbocycles. The summed E-state index contributed by atoms with van der Waals surface area (Å²) >= 11 is 0. The molecule has 0 radical (unpaired) electrons. The molecule has 1 heterocycles.